The van der Waals surface area contributed by atoms with Crippen molar-refractivity contribution in [3.63, 3.8) is 0 Å². The Balaban J connectivity index is 1.45. The number of phenols is 1. The number of aryl methyl sites for hydroxylation is 1. The van der Waals surface area contributed by atoms with Gasteiger partial charge in [-0.3, -0.25) is 24.1 Å². The van der Waals surface area contributed by atoms with Crippen LogP contribution < -0.4 is 16.0 Å². The maximum absolute atomic E-state index is 13.7. The molecule has 224 valence electrons. The minimum Gasteiger partial charge on any atom is -0.508 e. The maximum atomic E-state index is 13.7. The van der Waals surface area contributed by atoms with E-state index in [2.05, 4.69) is 22.0 Å². The number of carbonyl (C=O) groups is 4. The molecule has 2 heterocycles. The van der Waals surface area contributed by atoms with Crippen molar-refractivity contribution in [3.8, 4) is 5.75 Å². The lowest BCUT2D eigenvalue weighted by Gasteiger charge is -2.27. The molecule has 2 aliphatic heterocycles. The van der Waals surface area contributed by atoms with E-state index < -0.39 is 33.5 Å². The van der Waals surface area contributed by atoms with Gasteiger partial charge in [-0.15, -0.1) is 0 Å². The number of allylic oxidation sites excluding steroid dienone is 1. The van der Waals surface area contributed by atoms with E-state index >= 15 is 0 Å². The Morgan fingerprint density at radius 1 is 1.07 bits per heavy atom. The predicted octanol–water partition coefficient (Wildman–Crippen LogP) is 1.28. The second-order valence-corrected chi connectivity index (χ2v) is 12.7. The van der Waals surface area contributed by atoms with Crippen molar-refractivity contribution in [2.45, 2.75) is 67.7 Å². The van der Waals surface area contributed by atoms with Crippen LogP contribution in [0.25, 0.3) is 0 Å². The Morgan fingerprint density at radius 3 is 2.41 bits per heavy atom. The highest BCUT2D eigenvalue weighted by Crippen LogP contribution is 2.38. The van der Waals surface area contributed by atoms with Gasteiger partial charge in [0.1, 0.15) is 17.8 Å². The van der Waals surface area contributed by atoms with Crippen molar-refractivity contribution < 1.29 is 33.8 Å². The molecule has 0 bridgehead atoms. The molecule has 3 aliphatic rings. The minimum atomic E-state index is -1.05. The number of ketones is 1. The third-order valence-corrected chi connectivity index (χ3v) is 8.74. The summed E-state index contributed by atoms with van der Waals surface area (Å²) in [4.78, 5) is 54.6. The summed E-state index contributed by atoms with van der Waals surface area (Å²) in [6.07, 6.45) is 5.41. The molecule has 4 unspecified atom stereocenters. The average molecular weight is 683 g/mol. The zero-order valence-electron chi connectivity index (χ0n) is 23.5. The molecule has 0 radical (unpaired) electrons. The molecule has 2 fully saturated rings. The van der Waals surface area contributed by atoms with Crippen molar-refractivity contribution in [2.75, 3.05) is 39.5 Å². The second-order valence-electron chi connectivity index (χ2n) is 11.0. The Hall–Kier alpha value is -2.55. The first-order valence-corrected chi connectivity index (χ1v) is 15.2. The van der Waals surface area contributed by atoms with Crippen LogP contribution in [0.15, 0.2) is 29.8 Å². The molecule has 4 rings (SSSR count). The number of aromatic hydroxyl groups is 1. The minimum absolute atomic E-state index is 0.0787. The summed E-state index contributed by atoms with van der Waals surface area (Å²) >= 11 is 1.97. The summed E-state index contributed by atoms with van der Waals surface area (Å²) < 4.78 is 9.73. The first-order valence-electron chi connectivity index (χ1n) is 14.1. The van der Waals surface area contributed by atoms with Crippen LogP contribution in [0.1, 0.15) is 43.7 Å². The van der Waals surface area contributed by atoms with E-state index in [0.29, 0.717) is 50.5 Å². The van der Waals surface area contributed by atoms with E-state index in [1.807, 2.05) is 27.5 Å². The number of ether oxygens (including phenoxy) is 2. The Kier molecular flexibility index (Phi) is 10.8. The lowest BCUT2D eigenvalue weighted by Crippen LogP contribution is -2.57. The molecule has 1 aromatic carbocycles. The lowest BCUT2D eigenvalue weighted by molar-refractivity contribution is -0.133. The van der Waals surface area contributed by atoms with Gasteiger partial charge in [-0.1, -0.05) is 23.8 Å². The van der Waals surface area contributed by atoms with Gasteiger partial charge in [0.2, 0.25) is 21.3 Å². The van der Waals surface area contributed by atoms with E-state index in [9.17, 15) is 24.3 Å². The number of Topliss-reactive ketones (excluding diaryl/α,β-unsaturated/α-hetero) is 1. The quantitative estimate of drug-likeness (QED) is 0.105. The third-order valence-electron chi connectivity index (χ3n) is 7.59. The highest BCUT2D eigenvalue weighted by Gasteiger charge is 2.52. The van der Waals surface area contributed by atoms with Gasteiger partial charge in [-0.25, -0.2) is 0 Å². The Bertz CT molecular complexity index is 1180. The summed E-state index contributed by atoms with van der Waals surface area (Å²) in [5.74, 6) is -1.49. The molecular formula is C29H39IN4O7. The molecule has 0 aromatic heterocycles. The predicted molar refractivity (Wildman–Crippen MR) is 160 cm³/mol. The lowest BCUT2D eigenvalue weighted by atomic mass is 9.98. The number of epoxide rings is 1. The van der Waals surface area contributed by atoms with Crippen LogP contribution in [-0.2, 0) is 35.1 Å². The zero-order chi connectivity index (χ0) is 29.6. The van der Waals surface area contributed by atoms with E-state index in [-0.39, 0.29) is 30.4 Å². The smallest absolute Gasteiger partial charge is 0.243 e. The van der Waals surface area contributed by atoms with E-state index in [0.717, 1.165) is 24.8 Å². The monoisotopic (exact) mass is 682 g/mol. The standard InChI is InChI=1S/C29H39IN4O7/c1-18-7-8-21(15-24(18)35)14-23(33-27(38)19(2)31-25(36)16-34-9-11-40-12-10-34)28(39)32-22(13-20-5-3-4-6-20)26(37)29(30)17-41-29/h5,7-8,15,19,22-23,35H,3-4,6,9-14,16-17H2,1-2H3,(H,31,36)(H,32,39)(H,33,38). The molecular weight excluding hydrogens is 643 g/mol. The van der Waals surface area contributed by atoms with Gasteiger partial charge in [0.15, 0.2) is 5.78 Å². The first-order chi connectivity index (χ1) is 19.5. The van der Waals surface area contributed by atoms with E-state index in [1.165, 1.54) is 0 Å². The topological polar surface area (TPSA) is 150 Å². The number of nitrogens with one attached hydrogen (secondary N) is 3. The van der Waals surface area contributed by atoms with Crippen LogP contribution in [0, 0.1) is 6.92 Å². The van der Waals surface area contributed by atoms with E-state index in [1.54, 1.807) is 32.0 Å². The first kappa shape index (κ1) is 31.4. The fourth-order valence-corrected chi connectivity index (χ4v) is 5.50. The Morgan fingerprint density at radius 2 is 1.78 bits per heavy atom. The second kappa shape index (κ2) is 14.1. The number of hydrogen-bond donors (Lipinski definition) is 4. The zero-order valence-corrected chi connectivity index (χ0v) is 25.7. The fraction of sp³-hybridized carbons (Fsp3) is 0.586. The summed E-state index contributed by atoms with van der Waals surface area (Å²) in [5, 5.41) is 18.6. The van der Waals surface area contributed by atoms with Crippen molar-refractivity contribution >= 4 is 46.1 Å². The van der Waals surface area contributed by atoms with Crippen molar-refractivity contribution in [3.05, 3.63) is 41.0 Å². The van der Waals surface area contributed by atoms with Crippen LogP contribution >= 0.6 is 22.6 Å². The molecule has 0 saturated carbocycles. The summed E-state index contributed by atoms with van der Waals surface area (Å²) in [6, 6.07) is 2.31. The van der Waals surface area contributed by atoms with Crippen molar-refractivity contribution in [1.82, 2.24) is 20.9 Å². The summed E-state index contributed by atoms with van der Waals surface area (Å²) in [7, 11) is 0. The fourth-order valence-electron chi connectivity index (χ4n) is 4.97. The molecule has 1 aromatic rings. The number of rotatable bonds is 13. The molecule has 2 saturated heterocycles. The molecule has 0 spiro atoms. The van der Waals surface area contributed by atoms with Crippen LogP contribution in [-0.4, -0.2) is 94.7 Å². The van der Waals surface area contributed by atoms with Gasteiger partial charge in [-0.2, -0.15) is 0 Å². The highest BCUT2D eigenvalue weighted by molar-refractivity contribution is 14.1. The largest absolute Gasteiger partial charge is 0.508 e. The molecule has 41 heavy (non-hydrogen) atoms. The normalized spacial score (nSPS) is 22.7. The summed E-state index contributed by atoms with van der Waals surface area (Å²) in [6.45, 7) is 6.15. The number of phenolic OH excluding ortho intramolecular Hbond substituents is 1. The number of benzene rings is 1. The SMILES string of the molecule is Cc1ccc(CC(NC(=O)C(C)NC(=O)CN2CCOCC2)C(=O)NC(CC2=CCCC2)C(=O)C2(I)CO2)cc1O. The molecule has 12 heteroatoms. The van der Waals surface area contributed by atoms with Gasteiger partial charge in [0, 0.05) is 19.5 Å². The van der Waals surface area contributed by atoms with Crippen molar-refractivity contribution in [1.29, 1.82) is 0 Å². The molecule has 4 N–H and O–H groups in total. The van der Waals surface area contributed by atoms with Gasteiger partial charge >= 0.3 is 0 Å². The number of hydrogen-bond acceptors (Lipinski definition) is 8. The average Bonchev–Trinajstić information content (AvgIpc) is 3.48. The molecule has 11 nitrogen and oxygen atoms in total. The van der Waals surface area contributed by atoms with Gasteiger partial charge in [0.05, 0.1) is 32.4 Å². The van der Waals surface area contributed by atoms with Crippen LogP contribution in [0.5, 0.6) is 5.75 Å². The molecule has 4 atom stereocenters. The number of carbonyl (C=O) groups excluding carboxylic acids is 4. The van der Waals surface area contributed by atoms with Gasteiger partial charge < -0.3 is 30.5 Å². The maximum Gasteiger partial charge on any atom is 0.243 e. The van der Waals surface area contributed by atoms with Crippen LogP contribution in [0.4, 0.5) is 0 Å². The van der Waals surface area contributed by atoms with Crippen LogP contribution in [0.3, 0.4) is 0 Å². The van der Waals surface area contributed by atoms with E-state index in [4.69, 9.17) is 9.47 Å². The van der Waals surface area contributed by atoms with Crippen LogP contribution in [0.2, 0.25) is 0 Å². The van der Waals surface area contributed by atoms with Gasteiger partial charge in [0.25, 0.3) is 0 Å². The van der Waals surface area contributed by atoms with Gasteiger partial charge in [-0.05, 0) is 79.3 Å². The summed E-state index contributed by atoms with van der Waals surface area (Å²) in [5.41, 5.74) is 2.43. The highest BCUT2D eigenvalue weighted by atomic mass is 127. The number of alkyl halides is 1. The number of morpholine rings is 1. The molecule has 3 amide bonds. The van der Waals surface area contributed by atoms with Crippen molar-refractivity contribution in [2.24, 2.45) is 0 Å². The number of amides is 3. The Labute approximate surface area is 253 Å². The molecule has 1 aliphatic carbocycles. The number of nitrogens with zero attached hydrogens (tertiary/aromatic N) is 1. The third kappa shape index (κ3) is 8.97. The number of halogens is 1.